The number of hydrogen-bond donors (Lipinski definition) is 7. The highest BCUT2D eigenvalue weighted by molar-refractivity contribution is 14.1. The van der Waals surface area contributed by atoms with Gasteiger partial charge in [0, 0.05) is 85.3 Å². The van der Waals surface area contributed by atoms with Gasteiger partial charge in [-0.25, -0.2) is 13.6 Å². The predicted octanol–water partition coefficient (Wildman–Crippen LogP) is 9.57. The van der Waals surface area contributed by atoms with E-state index in [1.54, 1.807) is 6.07 Å². The first-order valence-corrected chi connectivity index (χ1v) is 22.0. The van der Waals surface area contributed by atoms with E-state index in [1.807, 2.05) is 22.6 Å². The number of piperidine rings is 2. The molecule has 65 heavy (non-hydrogen) atoms. The fourth-order valence-corrected chi connectivity index (χ4v) is 8.49. The first kappa shape index (κ1) is 49.5. The maximum Gasteiger partial charge on any atom is 0.419 e. The number of likely N-dealkylation sites (tertiary alicyclic amines) is 1. The number of urea groups is 1. The van der Waals surface area contributed by atoms with Crippen LogP contribution in [-0.2, 0) is 25.4 Å². The van der Waals surface area contributed by atoms with Crippen LogP contribution < -0.4 is 38.5 Å². The molecule has 2 spiro atoms. The molecule has 10 N–H and O–H groups in total. The van der Waals surface area contributed by atoms with Gasteiger partial charge in [-0.05, 0) is 109 Å². The van der Waals surface area contributed by atoms with Gasteiger partial charge in [-0.1, -0.05) is 46.3 Å². The van der Waals surface area contributed by atoms with Crippen LogP contribution >= 0.6 is 34.2 Å². The maximum absolute atomic E-state index is 13.5. The van der Waals surface area contributed by atoms with E-state index < -0.39 is 51.6 Å². The van der Waals surface area contributed by atoms with Gasteiger partial charge < -0.3 is 43.4 Å². The van der Waals surface area contributed by atoms with Crippen molar-refractivity contribution in [3.05, 3.63) is 117 Å². The van der Waals surface area contributed by atoms with Gasteiger partial charge in [-0.15, -0.1) is 0 Å². The number of fused-ring (bicyclic) bond motifs is 2. The lowest BCUT2D eigenvalue weighted by molar-refractivity contribution is -0.137. The van der Waals surface area contributed by atoms with E-state index in [1.165, 1.54) is 53.4 Å². The third-order valence-electron chi connectivity index (χ3n) is 11.6. The fraction of sp³-hybridized carbons (Fsp3) is 0.386. The number of rotatable bonds is 3. The smallest absolute Gasteiger partial charge is 0.398 e. The highest BCUT2D eigenvalue weighted by Crippen LogP contribution is 2.41. The van der Waals surface area contributed by atoms with Crippen LogP contribution in [0.1, 0.15) is 82.9 Å². The second kappa shape index (κ2) is 21.1. The van der Waals surface area contributed by atoms with Crippen LogP contribution in [0.2, 0.25) is 5.02 Å². The number of carbonyl (C=O) groups excluding carboxylic acids is 3. The Morgan fingerprint density at radius 1 is 0.800 bits per heavy atom. The van der Waals surface area contributed by atoms with E-state index in [4.69, 9.17) is 30.2 Å². The summed E-state index contributed by atoms with van der Waals surface area (Å²) in [6.07, 6.45) is -5.59. The Bertz CT molecular complexity index is 2400. The summed E-state index contributed by atoms with van der Waals surface area (Å²) in [5.74, 6) is -0.921. The Balaban J connectivity index is 0.000000205. The summed E-state index contributed by atoms with van der Waals surface area (Å²) in [5.41, 5.74) is 15.1. The summed E-state index contributed by atoms with van der Waals surface area (Å²) in [7, 11) is 0. The minimum Gasteiger partial charge on any atom is -0.398 e. The normalized spacial score (nSPS) is 17.3. The highest BCUT2D eigenvalue weighted by atomic mass is 127. The quantitative estimate of drug-likeness (QED) is 0.0455. The van der Waals surface area contributed by atoms with Crippen LogP contribution in [-0.4, -0.2) is 64.7 Å². The number of alkyl halides is 7. The Hall–Kier alpha value is -4.93. The zero-order valence-electron chi connectivity index (χ0n) is 35.7. The zero-order valence-corrected chi connectivity index (χ0v) is 37.6. The molecule has 4 aliphatic heterocycles. The number of hydrogen-bond acceptors (Lipinski definition) is 9. The standard InChI is InChI=1S/C22H21ClF4N4O2.C13H15FN2O.C8H9F3N2.CH3I/c23-19-12(1-3-15(28)18(19)22(25,26)27)11-29-20(33)31-7-5-21(6-8-31)10-17(32)14-9-13(24)2-4-16(14)30-21;14-9-1-2-11-10(7-9)12(17)8-13(16-11)3-5-15-6-4-13;9-8(10,11)6-3-5(4-12)1-2-7(6)13;1-2/h1-4,9,30H,5-8,10-11,28H2,(H,29,33);1-2,7,15-16H,3-6,8H2;1-3H,4,12-13H2;1H3/i;;;1D. The number of halogens is 10. The average Bonchev–Trinajstić information content (AvgIpc) is 3.24. The van der Waals surface area contributed by atoms with E-state index in [-0.39, 0.29) is 53.7 Å². The molecule has 4 heterocycles. The third kappa shape index (κ3) is 12.5. The van der Waals surface area contributed by atoms with E-state index in [2.05, 4.69) is 21.3 Å². The van der Waals surface area contributed by atoms with Gasteiger partial charge in [0.25, 0.3) is 0 Å². The molecule has 2 fully saturated rings. The minimum absolute atomic E-state index is 0.0557. The van der Waals surface area contributed by atoms with Crippen molar-refractivity contribution in [1.29, 1.82) is 0 Å². The monoisotopic (exact) mass is 1050 g/mol. The second-order valence-corrected chi connectivity index (χ2v) is 16.3. The largest absolute Gasteiger partial charge is 0.419 e. The van der Waals surface area contributed by atoms with Gasteiger partial charge in [-0.3, -0.25) is 9.59 Å². The van der Waals surface area contributed by atoms with Gasteiger partial charge in [0.1, 0.15) is 11.6 Å². The van der Waals surface area contributed by atoms with Crippen molar-refractivity contribution in [3.63, 3.8) is 0 Å². The number of nitrogen functional groups attached to an aromatic ring is 2. The first-order valence-electron chi connectivity index (χ1n) is 20.9. The molecule has 0 atom stereocenters. The van der Waals surface area contributed by atoms with Crippen LogP contribution in [0.25, 0.3) is 0 Å². The van der Waals surface area contributed by atoms with E-state index in [9.17, 15) is 49.5 Å². The summed E-state index contributed by atoms with van der Waals surface area (Å²) >= 11 is 7.86. The summed E-state index contributed by atoms with van der Waals surface area (Å²) < 4.78 is 109. The van der Waals surface area contributed by atoms with Crippen molar-refractivity contribution in [1.82, 2.24) is 15.5 Å². The lowest BCUT2D eigenvalue weighted by atomic mass is 9.78. The second-order valence-electron chi connectivity index (χ2n) is 15.9. The molecule has 8 rings (SSSR count). The van der Waals surface area contributed by atoms with Crippen molar-refractivity contribution < 1.29 is 50.9 Å². The zero-order chi connectivity index (χ0) is 48.6. The van der Waals surface area contributed by atoms with Crippen molar-refractivity contribution in [2.75, 3.05) is 53.2 Å². The summed E-state index contributed by atoms with van der Waals surface area (Å²) in [4.78, 5) is 39.2. The van der Waals surface area contributed by atoms with Crippen molar-refractivity contribution in [3.8, 4) is 0 Å². The van der Waals surface area contributed by atoms with Crippen LogP contribution in [0, 0.1) is 11.6 Å². The van der Waals surface area contributed by atoms with Crippen LogP contribution in [0.5, 0.6) is 0 Å². The fourth-order valence-electron chi connectivity index (χ4n) is 8.14. The summed E-state index contributed by atoms with van der Waals surface area (Å²) in [6, 6.07) is 14.1. The minimum atomic E-state index is -4.71. The van der Waals surface area contributed by atoms with E-state index in [0.29, 0.717) is 59.6 Å². The molecular formula is C44H48ClF8IN8O3. The van der Waals surface area contributed by atoms with Gasteiger partial charge in [0.05, 0.1) is 16.1 Å². The summed E-state index contributed by atoms with van der Waals surface area (Å²) in [6.45, 7) is 2.41. The molecule has 21 heteroatoms. The molecule has 4 aromatic rings. The number of carbonyl (C=O) groups is 3. The molecule has 0 aromatic heterocycles. The number of nitrogens with zero attached hydrogens (tertiary/aromatic N) is 1. The number of amides is 2. The average molecular weight is 1050 g/mol. The Labute approximate surface area is 390 Å². The molecular weight excluding hydrogens is 1000 g/mol. The maximum atomic E-state index is 13.5. The number of benzene rings is 4. The number of anilines is 4. The van der Waals surface area contributed by atoms with Gasteiger partial charge in [-0.2, -0.15) is 26.3 Å². The highest BCUT2D eigenvalue weighted by Gasteiger charge is 2.42. The van der Waals surface area contributed by atoms with Crippen molar-refractivity contribution in [2.24, 2.45) is 5.73 Å². The van der Waals surface area contributed by atoms with Gasteiger partial charge in [0.2, 0.25) is 0 Å². The molecule has 2 amide bonds. The SMILES string of the molecule is NCc1ccc(N)c(C(F)(F)F)c1.Nc1ccc(CNC(=O)N2CCC3(CC2)CC(=O)c2cc(F)ccc2N3)c(Cl)c1C(F)(F)F.O=C1CC2(CCNCC2)Nc2ccc(F)cc21.[2H]CI. The number of ketones is 2. The topological polar surface area (TPSA) is 181 Å². The molecule has 0 unspecified atom stereocenters. The molecule has 0 radical (unpaired) electrons. The molecule has 0 aliphatic carbocycles. The van der Waals surface area contributed by atoms with Crippen LogP contribution in [0.15, 0.2) is 66.7 Å². The molecule has 0 saturated carbocycles. The lowest BCUT2D eigenvalue weighted by Crippen LogP contribution is -2.55. The van der Waals surface area contributed by atoms with E-state index in [0.717, 1.165) is 43.8 Å². The molecule has 11 nitrogen and oxygen atoms in total. The Morgan fingerprint density at radius 2 is 1.31 bits per heavy atom. The van der Waals surface area contributed by atoms with Crippen LogP contribution in [0.3, 0.4) is 0 Å². The Morgan fingerprint density at radius 3 is 1.80 bits per heavy atom. The molecule has 4 aliphatic rings. The van der Waals surface area contributed by atoms with Crippen molar-refractivity contribution in [2.45, 2.75) is 75.0 Å². The Kier molecular flexibility index (Phi) is 16.1. The molecule has 2 saturated heterocycles. The number of nitrogens with one attached hydrogen (secondary N) is 4. The van der Waals surface area contributed by atoms with Crippen molar-refractivity contribution >= 4 is 74.5 Å². The van der Waals surface area contributed by atoms with Crippen LogP contribution in [0.4, 0.5) is 62.7 Å². The predicted molar refractivity (Wildman–Crippen MR) is 243 cm³/mol. The number of Topliss-reactive ketones (excluding diaryl/α,β-unsaturated/α-hetero) is 2. The molecule has 0 bridgehead atoms. The third-order valence-corrected chi connectivity index (χ3v) is 12.0. The molecule has 4 aromatic carbocycles. The van der Waals surface area contributed by atoms with Gasteiger partial charge in [0.15, 0.2) is 11.6 Å². The lowest BCUT2D eigenvalue weighted by Gasteiger charge is -2.45. The van der Waals surface area contributed by atoms with E-state index >= 15 is 0 Å². The van der Waals surface area contributed by atoms with Gasteiger partial charge >= 0.3 is 18.4 Å². The number of nitrogens with two attached hydrogens (primary N) is 3. The first-order chi connectivity index (χ1) is 31.0. The summed E-state index contributed by atoms with van der Waals surface area (Å²) in [5, 5.41) is 12.1. The molecule has 352 valence electrons.